The van der Waals surface area contributed by atoms with Crippen LogP contribution in [0.5, 0.6) is 0 Å². The van der Waals surface area contributed by atoms with Crippen LogP contribution in [0, 0.1) is 0 Å². The molecule has 1 aromatic heterocycles. The second-order valence-corrected chi connectivity index (χ2v) is 16.9. The van der Waals surface area contributed by atoms with Crippen LogP contribution in [0.4, 0.5) is 0 Å². The van der Waals surface area contributed by atoms with E-state index in [0.29, 0.717) is 5.84 Å². The number of hydrogen-bond acceptors (Lipinski definition) is 4. The largest absolute Gasteiger partial charge is 0.455 e. The monoisotopic (exact) mass is 829 g/mol. The van der Waals surface area contributed by atoms with E-state index in [0.717, 1.165) is 72.3 Å². The van der Waals surface area contributed by atoms with Gasteiger partial charge in [-0.15, -0.1) is 0 Å². The average Bonchev–Trinajstić information content (AvgIpc) is 3.77. The van der Waals surface area contributed by atoms with Gasteiger partial charge in [0.2, 0.25) is 0 Å². The summed E-state index contributed by atoms with van der Waals surface area (Å²) in [6.07, 6.45) is -0.373. The fourth-order valence-corrected chi connectivity index (χ4v) is 9.82. The summed E-state index contributed by atoms with van der Waals surface area (Å²) in [6.45, 7) is 0. The topological polar surface area (TPSA) is 49.9 Å². The number of rotatable bonds is 6. The van der Waals surface area contributed by atoms with Gasteiger partial charge in [-0.05, 0) is 107 Å². The van der Waals surface area contributed by atoms with Crippen molar-refractivity contribution in [2.45, 2.75) is 6.17 Å². The molecular formula is C61H39N3O. The second kappa shape index (κ2) is 15.0. The Kier molecular flexibility index (Phi) is 8.56. The molecule has 0 saturated heterocycles. The van der Waals surface area contributed by atoms with E-state index in [1.807, 2.05) is 24.3 Å². The fraction of sp³-hybridized carbons (Fsp3) is 0.0164. The number of fused-ring (bicyclic) bond motifs is 9. The van der Waals surface area contributed by atoms with Gasteiger partial charge >= 0.3 is 0 Å². The lowest BCUT2D eigenvalue weighted by Gasteiger charge is -2.24. The predicted octanol–water partition coefficient (Wildman–Crippen LogP) is 15.7. The van der Waals surface area contributed by atoms with Crippen LogP contribution in [0.1, 0.15) is 22.9 Å². The molecule has 0 aliphatic carbocycles. The maximum Gasteiger partial charge on any atom is 0.160 e. The molecule has 0 saturated carbocycles. The molecule has 2 heterocycles. The third-order valence-corrected chi connectivity index (χ3v) is 13.1. The Bertz CT molecular complexity index is 3900. The number of hydrogen-bond donors (Lipinski definition) is 1. The average molecular weight is 830 g/mol. The van der Waals surface area contributed by atoms with Crippen molar-refractivity contribution in [1.82, 2.24) is 5.32 Å². The first-order chi connectivity index (χ1) is 32.2. The maximum absolute atomic E-state index is 7.05. The molecule has 0 amide bonds. The summed E-state index contributed by atoms with van der Waals surface area (Å²) in [5.74, 6) is 1.42. The molecule has 1 atom stereocenters. The van der Waals surface area contributed by atoms with E-state index in [9.17, 15) is 0 Å². The molecule has 65 heavy (non-hydrogen) atoms. The molecule has 4 heteroatoms. The van der Waals surface area contributed by atoms with E-state index in [1.54, 1.807) is 0 Å². The van der Waals surface area contributed by atoms with E-state index >= 15 is 0 Å². The van der Waals surface area contributed by atoms with E-state index in [2.05, 4.69) is 206 Å². The standard InChI is InChI=1S/C61H39N3O/c1-3-12-38(13-4-1)39-22-30-45(31-23-39)60-62-59(44-16-5-2-6-17-44)63-61(64-60)51-20-11-21-56-57(51)55-37-48(46-32-28-42-26-24-40-14-7-9-18-49(40)52(42)34-46)36-54(58(55)65-56)47-33-29-43-27-25-41-15-8-10-19-50(41)53(43)35-47/h1-37,60H,(H,62,63,64). The highest BCUT2D eigenvalue weighted by molar-refractivity contribution is 6.24. The third-order valence-electron chi connectivity index (χ3n) is 13.1. The lowest BCUT2D eigenvalue weighted by atomic mass is 9.91. The summed E-state index contributed by atoms with van der Waals surface area (Å²) >= 11 is 0. The molecule has 0 fully saturated rings. The van der Waals surface area contributed by atoms with Crippen molar-refractivity contribution in [3.63, 3.8) is 0 Å². The quantitative estimate of drug-likeness (QED) is 0.170. The van der Waals surface area contributed by atoms with E-state index < -0.39 is 0 Å². The normalized spacial score (nSPS) is 14.0. The predicted molar refractivity (Wildman–Crippen MR) is 272 cm³/mol. The van der Waals surface area contributed by atoms with Gasteiger partial charge in [-0.2, -0.15) is 0 Å². The summed E-state index contributed by atoms with van der Waals surface area (Å²) in [5.41, 5.74) is 11.3. The first-order valence-corrected chi connectivity index (χ1v) is 22.2. The van der Waals surface area contributed by atoms with E-state index in [4.69, 9.17) is 14.4 Å². The van der Waals surface area contributed by atoms with E-state index in [1.165, 1.54) is 48.7 Å². The Morgan fingerprint density at radius 2 is 0.908 bits per heavy atom. The van der Waals surface area contributed by atoms with Crippen molar-refractivity contribution in [1.29, 1.82) is 0 Å². The van der Waals surface area contributed by atoms with Crippen LogP contribution < -0.4 is 5.32 Å². The second-order valence-electron chi connectivity index (χ2n) is 16.9. The van der Waals surface area contributed by atoms with Crippen LogP contribution in [0.3, 0.4) is 0 Å². The van der Waals surface area contributed by atoms with Crippen molar-refractivity contribution in [3.8, 4) is 33.4 Å². The summed E-state index contributed by atoms with van der Waals surface area (Å²) in [5, 5.41) is 15.5. The molecule has 1 N–H and O–H groups in total. The Labute approximate surface area is 375 Å². The van der Waals surface area contributed by atoms with Crippen LogP contribution in [0.2, 0.25) is 0 Å². The molecule has 1 aliphatic heterocycles. The molecule has 1 unspecified atom stereocenters. The molecule has 12 aromatic rings. The number of aliphatic imine (C=N–C) groups is 2. The lowest BCUT2D eigenvalue weighted by Crippen LogP contribution is -2.33. The van der Waals surface area contributed by atoms with Crippen molar-refractivity contribution >= 4 is 76.7 Å². The number of furan rings is 1. The summed E-state index contributed by atoms with van der Waals surface area (Å²) in [4.78, 5) is 10.7. The van der Waals surface area contributed by atoms with Gasteiger partial charge in [-0.3, -0.25) is 0 Å². The Morgan fingerprint density at radius 1 is 0.369 bits per heavy atom. The first kappa shape index (κ1) is 37.0. The molecule has 0 spiro atoms. The minimum absolute atomic E-state index is 0.373. The highest BCUT2D eigenvalue weighted by atomic mass is 16.3. The molecule has 13 rings (SSSR count). The maximum atomic E-state index is 7.05. The van der Waals surface area contributed by atoms with Gasteiger partial charge in [-0.1, -0.05) is 194 Å². The van der Waals surface area contributed by atoms with Gasteiger partial charge in [0.25, 0.3) is 0 Å². The summed E-state index contributed by atoms with van der Waals surface area (Å²) < 4.78 is 7.05. The van der Waals surface area contributed by atoms with Crippen LogP contribution in [-0.2, 0) is 0 Å². The summed E-state index contributed by atoms with van der Waals surface area (Å²) in [6, 6.07) is 80.1. The van der Waals surface area contributed by atoms with Crippen LogP contribution in [-0.4, -0.2) is 11.7 Å². The Balaban J connectivity index is 1.04. The van der Waals surface area contributed by atoms with Gasteiger partial charge in [0.15, 0.2) is 5.84 Å². The fourth-order valence-electron chi connectivity index (χ4n) is 9.82. The molecule has 1 aliphatic rings. The van der Waals surface area contributed by atoms with Crippen LogP contribution in [0.15, 0.2) is 239 Å². The minimum atomic E-state index is -0.373. The molecule has 0 bridgehead atoms. The van der Waals surface area contributed by atoms with Crippen LogP contribution >= 0.6 is 0 Å². The molecule has 0 radical (unpaired) electrons. The van der Waals surface area contributed by atoms with Gasteiger partial charge in [0, 0.05) is 27.5 Å². The van der Waals surface area contributed by atoms with Crippen LogP contribution in [0.25, 0.3) is 98.4 Å². The first-order valence-electron chi connectivity index (χ1n) is 22.2. The third kappa shape index (κ3) is 6.38. The number of nitrogens with one attached hydrogen (secondary N) is 1. The SMILES string of the molecule is c1ccc(C2=NC(c3cccc4oc5c(-c6ccc7ccc8ccccc8c7c6)cc(-c6ccc7ccc8ccccc8c7c6)cc5c34)=NC(c3ccc(-c4ccccc4)cc3)N2)cc1. The summed E-state index contributed by atoms with van der Waals surface area (Å²) in [7, 11) is 0. The van der Waals surface area contributed by atoms with Crippen molar-refractivity contribution in [3.05, 3.63) is 241 Å². The van der Waals surface area contributed by atoms with Crippen molar-refractivity contribution in [2.24, 2.45) is 9.98 Å². The zero-order valence-corrected chi connectivity index (χ0v) is 35.2. The van der Waals surface area contributed by atoms with Gasteiger partial charge in [-0.25, -0.2) is 9.98 Å². The number of nitrogens with zero attached hydrogens (tertiary/aromatic N) is 2. The van der Waals surface area contributed by atoms with E-state index in [-0.39, 0.29) is 6.17 Å². The zero-order chi connectivity index (χ0) is 42.8. The smallest absolute Gasteiger partial charge is 0.160 e. The highest BCUT2D eigenvalue weighted by Gasteiger charge is 2.25. The molecule has 304 valence electrons. The lowest BCUT2D eigenvalue weighted by molar-refractivity contribution is 0.669. The zero-order valence-electron chi connectivity index (χ0n) is 35.2. The number of amidine groups is 2. The molecular weight excluding hydrogens is 791 g/mol. The highest BCUT2D eigenvalue weighted by Crippen LogP contribution is 2.43. The van der Waals surface area contributed by atoms with Crippen molar-refractivity contribution < 1.29 is 4.42 Å². The number of benzene rings is 11. The van der Waals surface area contributed by atoms with Gasteiger partial charge < -0.3 is 9.73 Å². The Hall–Kier alpha value is -8.60. The molecule has 11 aromatic carbocycles. The molecule has 4 nitrogen and oxygen atoms in total. The van der Waals surface area contributed by atoms with Gasteiger partial charge in [0.05, 0.1) is 0 Å². The van der Waals surface area contributed by atoms with Crippen molar-refractivity contribution in [2.75, 3.05) is 0 Å². The minimum Gasteiger partial charge on any atom is -0.455 e. The van der Waals surface area contributed by atoms with Gasteiger partial charge in [0.1, 0.15) is 23.2 Å². The Morgan fingerprint density at radius 3 is 1.60 bits per heavy atom.